The molecule has 2 aromatic rings. The Morgan fingerprint density at radius 1 is 1.40 bits per heavy atom. The number of rotatable bonds is 7. The van der Waals surface area contributed by atoms with Crippen molar-refractivity contribution in [2.45, 2.75) is 51.7 Å². The summed E-state index contributed by atoms with van der Waals surface area (Å²) in [7, 11) is 2.15. The highest BCUT2D eigenvalue weighted by Crippen LogP contribution is 2.37. The van der Waals surface area contributed by atoms with Gasteiger partial charge in [0.2, 0.25) is 0 Å². The SMILES string of the molecule is CCCc1onc(C)c1C(=O)N1CC2(CC[C@H](CN(C)Cc3cccnc3)CO2)C1. The number of amides is 1. The fourth-order valence-electron chi connectivity index (χ4n) is 4.66. The quantitative estimate of drug-likeness (QED) is 0.696. The first-order chi connectivity index (χ1) is 14.5. The van der Waals surface area contributed by atoms with Gasteiger partial charge in [0.15, 0.2) is 0 Å². The van der Waals surface area contributed by atoms with E-state index < -0.39 is 0 Å². The van der Waals surface area contributed by atoms with E-state index in [4.69, 9.17) is 9.26 Å². The fourth-order valence-corrected chi connectivity index (χ4v) is 4.66. The normalized spacial score (nSPS) is 20.5. The Kier molecular flexibility index (Phi) is 6.20. The van der Waals surface area contributed by atoms with Crippen molar-refractivity contribution in [1.82, 2.24) is 19.9 Å². The third kappa shape index (κ3) is 4.42. The van der Waals surface area contributed by atoms with Gasteiger partial charge < -0.3 is 19.1 Å². The number of ether oxygens (including phenoxy) is 1. The molecule has 30 heavy (non-hydrogen) atoms. The highest BCUT2D eigenvalue weighted by Gasteiger charge is 2.49. The number of nitrogens with zero attached hydrogens (tertiary/aromatic N) is 4. The summed E-state index contributed by atoms with van der Waals surface area (Å²) in [6, 6.07) is 4.09. The lowest BCUT2D eigenvalue weighted by Gasteiger charge is -2.53. The van der Waals surface area contributed by atoms with Crippen LogP contribution in [-0.2, 0) is 17.7 Å². The molecule has 7 nitrogen and oxygen atoms in total. The molecule has 1 spiro atoms. The molecular formula is C23H32N4O3. The van der Waals surface area contributed by atoms with Crippen LogP contribution in [0.2, 0.25) is 0 Å². The summed E-state index contributed by atoms with van der Waals surface area (Å²) in [6.07, 6.45) is 7.54. The van der Waals surface area contributed by atoms with Gasteiger partial charge >= 0.3 is 0 Å². The maximum absolute atomic E-state index is 13.0. The van der Waals surface area contributed by atoms with Gasteiger partial charge in [-0.15, -0.1) is 0 Å². The number of aryl methyl sites for hydroxylation is 2. The van der Waals surface area contributed by atoms with E-state index in [0.29, 0.717) is 36.0 Å². The van der Waals surface area contributed by atoms with Crippen LogP contribution in [0.25, 0.3) is 0 Å². The van der Waals surface area contributed by atoms with Gasteiger partial charge in [-0.3, -0.25) is 9.78 Å². The third-order valence-electron chi connectivity index (χ3n) is 6.25. The molecule has 2 aliphatic rings. The second kappa shape index (κ2) is 8.86. The lowest BCUT2D eigenvalue weighted by molar-refractivity contribution is -0.168. The number of hydrogen-bond acceptors (Lipinski definition) is 6. The van der Waals surface area contributed by atoms with Crippen LogP contribution in [0.3, 0.4) is 0 Å². The lowest BCUT2D eigenvalue weighted by Crippen LogP contribution is -2.66. The minimum atomic E-state index is -0.163. The molecule has 2 fully saturated rings. The van der Waals surface area contributed by atoms with Crippen LogP contribution >= 0.6 is 0 Å². The Hall–Kier alpha value is -2.25. The van der Waals surface area contributed by atoms with Gasteiger partial charge in [0, 0.05) is 31.9 Å². The lowest BCUT2D eigenvalue weighted by atomic mass is 9.82. The molecule has 4 rings (SSSR count). The molecule has 0 aliphatic carbocycles. The van der Waals surface area contributed by atoms with Crippen molar-refractivity contribution < 1.29 is 14.1 Å². The zero-order valence-corrected chi connectivity index (χ0v) is 18.3. The molecule has 1 atom stereocenters. The highest BCUT2D eigenvalue weighted by molar-refractivity contribution is 5.96. The summed E-state index contributed by atoms with van der Waals surface area (Å²) in [6.45, 7) is 7.91. The number of likely N-dealkylation sites (tertiary alicyclic amines) is 1. The minimum absolute atomic E-state index is 0.0322. The topological polar surface area (TPSA) is 71.7 Å². The van der Waals surface area contributed by atoms with Gasteiger partial charge in [0.1, 0.15) is 16.9 Å². The molecule has 0 unspecified atom stereocenters. The predicted molar refractivity (Wildman–Crippen MR) is 113 cm³/mol. The third-order valence-corrected chi connectivity index (χ3v) is 6.25. The van der Waals surface area contributed by atoms with Crippen LogP contribution in [0.4, 0.5) is 0 Å². The second-order valence-corrected chi connectivity index (χ2v) is 8.93. The molecule has 2 saturated heterocycles. The number of carbonyl (C=O) groups excluding carboxylic acids is 1. The number of hydrogen-bond donors (Lipinski definition) is 0. The van der Waals surface area contributed by atoms with E-state index in [1.54, 1.807) is 6.20 Å². The largest absolute Gasteiger partial charge is 0.371 e. The first-order valence-corrected chi connectivity index (χ1v) is 11.0. The number of aromatic nitrogens is 2. The summed E-state index contributed by atoms with van der Waals surface area (Å²) >= 11 is 0. The molecule has 2 aromatic heterocycles. The van der Waals surface area contributed by atoms with Gasteiger partial charge in [-0.25, -0.2) is 0 Å². The zero-order chi connectivity index (χ0) is 21.1. The Morgan fingerprint density at radius 2 is 2.23 bits per heavy atom. The Morgan fingerprint density at radius 3 is 2.90 bits per heavy atom. The zero-order valence-electron chi connectivity index (χ0n) is 18.3. The second-order valence-electron chi connectivity index (χ2n) is 8.93. The van der Waals surface area contributed by atoms with Gasteiger partial charge in [0.05, 0.1) is 25.4 Å². The molecule has 0 saturated carbocycles. The fraction of sp³-hybridized carbons (Fsp3) is 0.609. The van der Waals surface area contributed by atoms with E-state index in [-0.39, 0.29) is 11.5 Å². The summed E-state index contributed by atoms with van der Waals surface area (Å²) in [5.41, 5.74) is 2.40. The minimum Gasteiger partial charge on any atom is -0.371 e. The van der Waals surface area contributed by atoms with Gasteiger partial charge in [-0.05, 0) is 50.8 Å². The monoisotopic (exact) mass is 412 g/mol. The average molecular weight is 413 g/mol. The molecule has 1 amide bonds. The highest BCUT2D eigenvalue weighted by atomic mass is 16.5. The summed E-state index contributed by atoms with van der Waals surface area (Å²) in [5.74, 6) is 1.27. The number of pyridine rings is 1. The first kappa shape index (κ1) is 21.0. The molecule has 7 heteroatoms. The summed E-state index contributed by atoms with van der Waals surface area (Å²) in [5, 5.41) is 4.01. The predicted octanol–water partition coefficient (Wildman–Crippen LogP) is 3.08. The molecular weight excluding hydrogens is 380 g/mol. The van der Waals surface area contributed by atoms with Crippen LogP contribution in [0, 0.1) is 12.8 Å². The van der Waals surface area contributed by atoms with E-state index in [2.05, 4.69) is 35.1 Å². The maximum Gasteiger partial charge on any atom is 0.259 e. The van der Waals surface area contributed by atoms with E-state index in [9.17, 15) is 4.79 Å². The van der Waals surface area contributed by atoms with E-state index >= 15 is 0 Å². The van der Waals surface area contributed by atoms with Crippen molar-refractivity contribution in [3.8, 4) is 0 Å². The molecule has 2 aliphatic heterocycles. The van der Waals surface area contributed by atoms with Crippen LogP contribution in [0.15, 0.2) is 29.0 Å². The Labute approximate surface area is 178 Å². The molecule has 4 heterocycles. The summed E-state index contributed by atoms with van der Waals surface area (Å²) < 4.78 is 11.7. The van der Waals surface area contributed by atoms with Gasteiger partial charge in [0.25, 0.3) is 5.91 Å². The van der Waals surface area contributed by atoms with Crippen molar-refractivity contribution in [3.63, 3.8) is 0 Å². The van der Waals surface area contributed by atoms with Crippen molar-refractivity contribution in [3.05, 3.63) is 47.1 Å². The van der Waals surface area contributed by atoms with Crippen molar-refractivity contribution in [1.29, 1.82) is 0 Å². The molecule has 0 N–H and O–H groups in total. The van der Waals surface area contributed by atoms with Crippen LogP contribution in [0.5, 0.6) is 0 Å². The van der Waals surface area contributed by atoms with E-state index in [1.165, 1.54) is 5.56 Å². The van der Waals surface area contributed by atoms with Crippen molar-refractivity contribution in [2.75, 3.05) is 33.3 Å². The Balaban J connectivity index is 1.25. The van der Waals surface area contributed by atoms with Crippen LogP contribution in [-0.4, -0.2) is 64.7 Å². The van der Waals surface area contributed by atoms with Crippen LogP contribution in [0.1, 0.15) is 53.6 Å². The summed E-state index contributed by atoms with van der Waals surface area (Å²) in [4.78, 5) is 21.4. The van der Waals surface area contributed by atoms with Gasteiger partial charge in [-0.1, -0.05) is 18.1 Å². The smallest absolute Gasteiger partial charge is 0.259 e. The average Bonchev–Trinajstić information content (AvgIpc) is 3.07. The van der Waals surface area contributed by atoms with E-state index in [1.807, 2.05) is 24.1 Å². The molecule has 0 bridgehead atoms. The molecule has 0 aromatic carbocycles. The van der Waals surface area contributed by atoms with E-state index in [0.717, 1.165) is 45.4 Å². The number of carbonyl (C=O) groups is 1. The maximum atomic E-state index is 13.0. The first-order valence-electron chi connectivity index (χ1n) is 11.0. The van der Waals surface area contributed by atoms with Crippen molar-refractivity contribution in [2.24, 2.45) is 5.92 Å². The van der Waals surface area contributed by atoms with Crippen molar-refractivity contribution >= 4 is 5.91 Å². The molecule has 0 radical (unpaired) electrons. The molecule has 162 valence electrons. The Bertz CT molecular complexity index is 851. The van der Waals surface area contributed by atoms with Crippen LogP contribution < -0.4 is 0 Å². The van der Waals surface area contributed by atoms with Gasteiger partial charge in [-0.2, -0.15) is 0 Å². The standard InChI is InChI=1S/C23H32N4O3/c1-4-6-20-21(17(2)25-30-20)22(28)27-15-23(16-27)9-8-19(14-29-23)13-26(3)12-18-7-5-10-24-11-18/h5,7,10-11,19H,4,6,8-9,12-16H2,1-3H3/t19-/m1/s1.